The van der Waals surface area contributed by atoms with Crippen molar-refractivity contribution in [2.75, 3.05) is 24.2 Å². The Bertz CT molecular complexity index is 500. The molecular weight excluding hydrogens is 246 g/mol. The van der Waals surface area contributed by atoms with Crippen LogP contribution in [0.15, 0.2) is 18.7 Å². The largest absolute Gasteiger partial charge is 0.476 e. The lowest BCUT2D eigenvalue weighted by atomic mass is 10.4. The van der Waals surface area contributed by atoms with Crippen molar-refractivity contribution in [3.05, 3.63) is 18.7 Å². The molecule has 0 fully saturated rings. The number of nitrogen functional groups attached to an aromatic ring is 1. The monoisotopic (exact) mass is 263 g/mol. The standard InChI is InChI=1S/C11H17N7O/c1-2-7-19-11-9(12)10(14-8-15-11)13-3-5-18-6-4-16-17-18/h4,6,8H,2-3,5,7,12H2,1H3,(H,13,14,15). The second-order valence-corrected chi connectivity index (χ2v) is 3.88. The van der Waals surface area contributed by atoms with Crippen molar-refractivity contribution in [1.82, 2.24) is 25.0 Å². The van der Waals surface area contributed by atoms with Gasteiger partial charge in [-0.25, -0.2) is 4.98 Å². The maximum absolute atomic E-state index is 5.94. The van der Waals surface area contributed by atoms with Gasteiger partial charge in [0, 0.05) is 12.7 Å². The predicted molar refractivity (Wildman–Crippen MR) is 70.7 cm³/mol. The highest BCUT2D eigenvalue weighted by Crippen LogP contribution is 2.24. The van der Waals surface area contributed by atoms with Gasteiger partial charge in [-0.05, 0) is 6.42 Å². The summed E-state index contributed by atoms with van der Waals surface area (Å²) in [6.07, 6.45) is 5.76. The Labute approximate surface area is 111 Å². The summed E-state index contributed by atoms with van der Waals surface area (Å²) in [5.74, 6) is 0.987. The van der Waals surface area contributed by atoms with Crippen molar-refractivity contribution in [2.24, 2.45) is 0 Å². The summed E-state index contributed by atoms with van der Waals surface area (Å²) in [6.45, 7) is 3.92. The maximum atomic E-state index is 5.94. The quantitative estimate of drug-likeness (QED) is 0.751. The number of hydrogen-bond acceptors (Lipinski definition) is 7. The first-order chi connectivity index (χ1) is 9.31. The normalized spacial score (nSPS) is 10.4. The molecule has 2 heterocycles. The van der Waals surface area contributed by atoms with Crippen LogP contribution in [-0.4, -0.2) is 38.1 Å². The van der Waals surface area contributed by atoms with Crippen LogP contribution in [0.1, 0.15) is 13.3 Å². The van der Waals surface area contributed by atoms with E-state index < -0.39 is 0 Å². The van der Waals surface area contributed by atoms with Crippen LogP contribution in [0.2, 0.25) is 0 Å². The molecular formula is C11H17N7O. The Kier molecular flexibility index (Phi) is 4.49. The molecule has 2 rings (SSSR count). The summed E-state index contributed by atoms with van der Waals surface area (Å²) in [7, 11) is 0. The Morgan fingerprint density at radius 3 is 3.05 bits per heavy atom. The molecule has 0 aliphatic carbocycles. The summed E-state index contributed by atoms with van der Waals surface area (Å²) >= 11 is 0. The molecule has 0 radical (unpaired) electrons. The van der Waals surface area contributed by atoms with Crippen molar-refractivity contribution in [1.29, 1.82) is 0 Å². The molecule has 0 saturated carbocycles. The van der Waals surface area contributed by atoms with Gasteiger partial charge >= 0.3 is 0 Å². The molecule has 0 aromatic carbocycles. The van der Waals surface area contributed by atoms with Gasteiger partial charge in [-0.3, -0.25) is 4.68 Å². The van der Waals surface area contributed by atoms with Crippen LogP contribution in [0.4, 0.5) is 11.5 Å². The van der Waals surface area contributed by atoms with E-state index in [4.69, 9.17) is 10.5 Å². The highest BCUT2D eigenvalue weighted by molar-refractivity contribution is 5.66. The van der Waals surface area contributed by atoms with Crippen LogP contribution in [-0.2, 0) is 6.54 Å². The SMILES string of the molecule is CCCOc1ncnc(NCCn2ccnn2)c1N. The van der Waals surface area contributed by atoms with Crippen molar-refractivity contribution in [3.8, 4) is 5.88 Å². The molecule has 0 aliphatic heterocycles. The Hall–Kier alpha value is -2.38. The van der Waals surface area contributed by atoms with Gasteiger partial charge in [0.05, 0.1) is 19.3 Å². The smallest absolute Gasteiger partial charge is 0.242 e. The van der Waals surface area contributed by atoms with Gasteiger partial charge < -0.3 is 15.8 Å². The average Bonchev–Trinajstić information content (AvgIpc) is 2.92. The molecule has 0 aliphatic rings. The number of nitrogens with zero attached hydrogens (tertiary/aromatic N) is 5. The van der Waals surface area contributed by atoms with Gasteiger partial charge in [0.25, 0.3) is 0 Å². The molecule has 0 amide bonds. The van der Waals surface area contributed by atoms with Gasteiger partial charge in [-0.15, -0.1) is 5.10 Å². The minimum atomic E-state index is 0.417. The molecule has 0 unspecified atom stereocenters. The lowest BCUT2D eigenvalue weighted by molar-refractivity contribution is 0.306. The molecule has 8 nitrogen and oxygen atoms in total. The highest BCUT2D eigenvalue weighted by Gasteiger charge is 2.08. The summed E-state index contributed by atoms with van der Waals surface area (Å²) in [4.78, 5) is 8.10. The van der Waals surface area contributed by atoms with Gasteiger partial charge in [0.2, 0.25) is 5.88 Å². The highest BCUT2D eigenvalue weighted by atomic mass is 16.5. The number of ether oxygens (including phenoxy) is 1. The zero-order valence-electron chi connectivity index (χ0n) is 10.8. The van der Waals surface area contributed by atoms with Crippen molar-refractivity contribution >= 4 is 11.5 Å². The fourth-order valence-electron chi connectivity index (χ4n) is 1.47. The second kappa shape index (κ2) is 6.53. The zero-order chi connectivity index (χ0) is 13.5. The average molecular weight is 263 g/mol. The van der Waals surface area contributed by atoms with E-state index in [-0.39, 0.29) is 0 Å². The molecule has 0 saturated heterocycles. The molecule has 0 atom stereocenters. The number of hydrogen-bond donors (Lipinski definition) is 2. The first-order valence-electron chi connectivity index (χ1n) is 6.12. The predicted octanol–water partition coefficient (Wildman–Crippen LogP) is 0.551. The third-order valence-electron chi connectivity index (χ3n) is 2.40. The third kappa shape index (κ3) is 3.54. The summed E-state index contributed by atoms with van der Waals surface area (Å²) in [5, 5.41) is 10.7. The van der Waals surface area contributed by atoms with Gasteiger partial charge in [-0.2, -0.15) is 4.98 Å². The molecule has 102 valence electrons. The Balaban J connectivity index is 1.92. The Morgan fingerprint density at radius 1 is 1.42 bits per heavy atom. The van der Waals surface area contributed by atoms with Crippen LogP contribution in [0.3, 0.4) is 0 Å². The van der Waals surface area contributed by atoms with Crippen LogP contribution in [0.25, 0.3) is 0 Å². The van der Waals surface area contributed by atoms with E-state index in [1.165, 1.54) is 6.33 Å². The maximum Gasteiger partial charge on any atom is 0.242 e. The first kappa shape index (κ1) is 13.1. The zero-order valence-corrected chi connectivity index (χ0v) is 10.8. The molecule has 19 heavy (non-hydrogen) atoms. The molecule has 0 spiro atoms. The fraction of sp³-hybridized carbons (Fsp3) is 0.455. The lowest BCUT2D eigenvalue weighted by Gasteiger charge is -2.11. The molecule has 2 aromatic heterocycles. The number of nitrogens with one attached hydrogen (secondary N) is 1. The number of nitrogens with two attached hydrogens (primary N) is 1. The van der Waals surface area contributed by atoms with E-state index in [0.717, 1.165) is 6.42 Å². The van der Waals surface area contributed by atoms with E-state index >= 15 is 0 Å². The molecule has 2 aromatic rings. The number of rotatable bonds is 7. The fourth-order valence-corrected chi connectivity index (χ4v) is 1.47. The van der Waals surface area contributed by atoms with Crippen LogP contribution < -0.4 is 15.8 Å². The Morgan fingerprint density at radius 2 is 2.32 bits per heavy atom. The minimum absolute atomic E-state index is 0.417. The summed E-state index contributed by atoms with van der Waals surface area (Å²) in [5.41, 5.74) is 6.36. The van der Waals surface area contributed by atoms with Gasteiger partial charge in [-0.1, -0.05) is 12.1 Å². The topological polar surface area (TPSA) is 104 Å². The third-order valence-corrected chi connectivity index (χ3v) is 2.40. The second-order valence-electron chi connectivity index (χ2n) is 3.88. The van der Waals surface area contributed by atoms with E-state index in [1.54, 1.807) is 17.1 Å². The van der Waals surface area contributed by atoms with E-state index in [2.05, 4.69) is 25.6 Å². The van der Waals surface area contributed by atoms with Gasteiger partial charge in [0.1, 0.15) is 12.0 Å². The van der Waals surface area contributed by atoms with E-state index in [1.807, 2.05) is 6.92 Å². The van der Waals surface area contributed by atoms with Gasteiger partial charge in [0.15, 0.2) is 5.82 Å². The number of anilines is 2. The first-order valence-corrected chi connectivity index (χ1v) is 6.12. The number of aromatic nitrogens is 5. The van der Waals surface area contributed by atoms with E-state index in [9.17, 15) is 0 Å². The molecule has 0 bridgehead atoms. The molecule has 3 N–H and O–H groups in total. The summed E-state index contributed by atoms with van der Waals surface area (Å²) in [6, 6.07) is 0. The lowest BCUT2D eigenvalue weighted by Crippen LogP contribution is -2.14. The van der Waals surface area contributed by atoms with Crippen LogP contribution >= 0.6 is 0 Å². The summed E-state index contributed by atoms with van der Waals surface area (Å²) < 4.78 is 7.16. The minimum Gasteiger partial charge on any atom is -0.476 e. The van der Waals surface area contributed by atoms with Crippen molar-refractivity contribution in [2.45, 2.75) is 19.9 Å². The van der Waals surface area contributed by atoms with Crippen molar-refractivity contribution < 1.29 is 4.74 Å². The molecule has 8 heteroatoms. The van der Waals surface area contributed by atoms with E-state index in [0.29, 0.717) is 37.1 Å². The van der Waals surface area contributed by atoms with Crippen LogP contribution in [0.5, 0.6) is 5.88 Å². The van der Waals surface area contributed by atoms with Crippen LogP contribution in [0, 0.1) is 0 Å². The van der Waals surface area contributed by atoms with Crippen molar-refractivity contribution in [3.63, 3.8) is 0 Å².